The van der Waals surface area contributed by atoms with Gasteiger partial charge in [-0.15, -0.1) is 0 Å². The van der Waals surface area contributed by atoms with E-state index >= 15 is 0 Å². The van der Waals surface area contributed by atoms with E-state index in [1.165, 1.54) is 5.56 Å². The molecule has 0 aliphatic heterocycles. The van der Waals surface area contributed by atoms with Gasteiger partial charge >= 0.3 is 0 Å². The molecule has 0 radical (unpaired) electrons. The standard InChI is InChI=1S/C14H21N3O/c1-11(2)7-15-8-13-6-14(18-10-13)9-17-5-4-12(3)16-17/h4-6,10-11,15H,7-9H2,1-3H3. The summed E-state index contributed by atoms with van der Waals surface area (Å²) in [6.07, 6.45) is 3.79. The predicted molar refractivity (Wildman–Crippen MR) is 71.3 cm³/mol. The first-order chi connectivity index (χ1) is 8.63. The largest absolute Gasteiger partial charge is 0.467 e. The Morgan fingerprint density at radius 1 is 1.44 bits per heavy atom. The van der Waals surface area contributed by atoms with Gasteiger partial charge in [-0.25, -0.2) is 0 Å². The Balaban J connectivity index is 1.86. The van der Waals surface area contributed by atoms with Gasteiger partial charge in [0, 0.05) is 18.3 Å². The highest BCUT2D eigenvalue weighted by atomic mass is 16.3. The van der Waals surface area contributed by atoms with Gasteiger partial charge in [0.05, 0.1) is 18.5 Å². The summed E-state index contributed by atoms with van der Waals surface area (Å²) in [4.78, 5) is 0. The fourth-order valence-electron chi connectivity index (χ4n) is 1.82. The van der Waals surface area contributed by atoms with Crippen molar-refractivity contribution in [2.75, 3.05) is 6.54 Å². The molecule has 0 fully saturated rings. The van der Waals surface area contributed by atoms with Crippen molar-refractivity contribution in [2.45, 2.75) is 33.9 Å². The molecule has 98 valence electrons. The summed E-state index contributed by atoms with van der Waals surface area (Å²) in [5, 5.41) is 7.74. The number of nitrogens with one attached hydrogen (secondary N) is 1. The summed E-state index contributed by atoms with van der Waals surface area (Å²) in [6.45, 7) is 8.97. The third-order valence-corrected chi connectivity index (χ3v) is 2.68. The van der Waals surface area contributed by atoms with Crippen molar-refractivity contribution in [2.24, 2.45) is 5.92 Å². The van der Waals surface area contributed by atoms with Crippen LogP contribution in [-0.2, 0) is 13.1 Å². The van der Waals surface area contributed by atoms with Crippen LogP contribution >= 0.6 is 0 Å². The zero-order valence-electron chi connectivity index (χ0n) is 11.3. The Morgan fingerprint density at radius 2 is 2.28 bits per heavy atom. The van der Waals surface area contributed by atoms with E-state index in [2.05, 4.69) is 30.3 Å². The van der Waals surface area contributed by atoms with Crippen LogP contribution in [0.4, 0.5) is 0 Å². The molecule has 2 heterocycles. The maximum Gasteiger partial charge on any atom is 0.125 e. The second-order valence-corrected chi connectivity index (χ2v) is 5.10. The fraction of sp³-hybridized carbons (Fsp3) is 0.500. The van der Waals surface area contributed by atoms with E-state index in [0.717, 1.165) is 24.5 Å². The van der Waals surface area contributed by atoms with Crippen LogP contribution in [-0.4, -0.2) is 16.3 Å². The van der Waals surface area contributed by atoms with Crippen LogP contribution in [0.2, 0.25) is 0 Å². The van der Waals surface area contributed by atoms with E-state index in [1.807, 2.05) is 30.1 Å². The fourth-order valence-corrected chi connectivity index (χ4v) is 1.82. The minimum absolute atomic E-state index is 0.670. The van der Waals surface area contributed by atoms with Crippen molar-refractivity contribution in [1.82, 2.24) is 15.1 Å². The van der Waals surface area contributed by atoms with Crippen molar-refractivity contribution >= 4 is 0 Å². The van der Waals surface area contributed by atoms with Gasteiger partial charge < -0.3 is 9.73 Å². The molecule has 0 atom stereocenters. The lowest BCUT2D eigenvalue weighted by molar-refractivity contribution is 0.476. The van der Waals surface area contributed by atoms with Gasteiger partial charge in [-0.05, 0) is 31.5 Å². The van der Waals surface area contributed by atoms with Crippen LogP contribution in [0.3, 0.4) is 0 Å². The Bertz CT molecular complexity index is 485. The first-order valence-electron chi connectivity index (χ1n) is 6.40. The zero-order valence-corrected chi connectivity index (χ0v) is 11.3. The Labute approximate surface area is 108 Å². The number of aryl methyl sites for hydroxylation is 1. The number of rotatable bonds is 6. The minimum atomic E-state index is 0.670. The molecule has 4 heteroatoms. The molecule has 0 bridgehead atoms. The molecular weight excluding hydrogens is 226 g/mol. The monoisotopic (exact) mass is 247 g/mol. The quantitative estimate of drug-likeness (QED) is 0.853. The van der Waals surface area contributed by atoms with Crippen LogP contribution in [0.1, 0.15) is 30.9 Å². The SMILES string of the molecule is Cc1ccn(Cc2cc(CNCC(C)C)co2)n1. The summed E-state index contributed by atoms with van der Waals surface area (Å²) < 4.78 is 7.42. The molecule has 18 heavy (non-hydrogen) atoms. The van der Waals surface area contributed by atoms with E-state index in [0.29, 0.717) is 12.5 Å². The zero-order chi connectivity index (χ0) is 13.0. The predicted octanol–water partition coefficient (Wildman–Crippen LogP) is 2.58. The summed E-state index contributed by atoms with van der Waals surface area (Å²) >= 11 is 0. The van der Waals surface area contributed by atoms with Crippen molar-refractivity contribution in [3.8, 4) is 0 Å². The molecule has 0 spiro atoms. The van der Waals surface area contributed by atoms with Gasteiger partial charge in [-0.2, -0.15) is 5.10 Å². The van der Waals surface area contributed by atoms with Gasteiger partial charge in [0.15, 0.2) is 0 Å². The first-order valence-corrected chi connectivity index (χ1v) is 6.40. The molecule has 0 aliphatic carbocycles. The average Bonchev–Trinajstić information content (AvgIpc) is 2.89. The van der Waals surface area contributed by atoms with Crippen molar-refractivity contribution in [3.05, 3.63) is 41.6 Å². The van der Waals surface area contributed by atoms with Gasteiger partial charge in [0.1, 0.15) is 5.76 Å². The number of hydrogen-bond acceptors (Lipinski definition) is 3. The molecule has 2 aromatic heterocycles. The van der Waals surface area contributed by atoms with E-state index < -0.39 is 0 Å². The number of furan rings is 1. The summed E-state index contributed by atoms with van der Waals surface area (Å²) in [6, 6.07) is 4.08. The highest BCUT2D eigenvalue weighted by molar-refractivity contribution is 5.13. The molecule has 0 saturated carbocycles. The lowest BCUT2D eigenvalue weighted by Gasteiger charge is -2.04. The Kier molecular flexibility index (Phi) is 4.20. The minimum Gasteiger partial charge on any atom is -0.467 e. The van der Waals surface area contributed by atoms with Gasteiger partial charge in [-0.1, -0.05) is 13.8 Å². The Morgan fingerprint density at radius 3 is 2.94 bits per heavy atom. The van der Waals surface area contributed by atoms with Crippen molar-refractivity contribution < 1.29 is 4.42 Å². The van der Waals surface area contributed by atoms with Crippen LogP contribution < -0.4 is 5.32 Å². The molecule has 0 amide bonds. The molecule has 2 rings (SSSR count). The van der Waals surface area contributed by atoms with Crippen LogP contribution in [0.25, 0.3) is 0 Å². The van der Waals surface area contributed by atoms with Gasteiger partial charge in [-0.3, -0.25) is 4.68 Å². The lowest BCUT2D eigenvalue weighted by Crippen LogP contribution is -2.18. The van der Waals surface area contributed by atoms with Crippen LogP contribution in [0.15, 0.2) is 29.0 Å². The molecule has 4 nitrogen and oxygen atoms in total. The second kappa shape index (κ2) is 5.87. The van der Waals surface area contributed by atoms with E-state index in [1.54, 1.807) is 0 Å². The van der Waals surface area contributed by atoms with Gasteiger partial charge in [0.2, 0.25) is 0 Å². The van der Waals surface area contributed by atoms with Gasteiger partial charge in [0.25, 0.3) is 0 Å². The third-order valence-electron chi connectivity index (χ3n) is 2.68. The molecule has 0 aliphatic rings. The van der Waals surface area contributed by atoms with Crippen LogP contribution in [0.5, 0.6) is 0 Å². The normalized spacial score (nSPS) is 11.3. The lowest BCUT2D eigenvalue weighted by atomic mass is 10.2. The first kappa shape index (κ1) is 12.9. The van der Waals surface area contributed by atoms with E-state index in [9.17, 15) is 0 Å². The molecule has 2 aromatic rings. The average molecular weight is 247 g/mol. The smallest absolute Gasteiger partial charge is 0.125 e. The topological polar surface area (TPSA) is 43.0 Å². The highest BCUT2D eigenvalue weighted by Crippen LogP contribution is 2.09. The Hall–Kier alpha value is -1.55. The van der Waals surface area contributed by atoms with Crippen molar-refractivity contribution in [1.29, 1.82) is 0 Å². The third kappa shape index (κ3) is 3.74. The molecule has 0 saturated heterocycles. The number of aromatic nitrogens is 2. The summed E-state index contributed by atoms with van der Waals surface area (Å²) in [5.74, 6) is 1.61. The number of nitrogens with zero attached hydrogens (tertiary/aromatic N) is 2. The molecular formula is C14H21N3O. The molecule has 0 unspecified atom stereocenters. The maximum absolute atomic E-state index is 5.53. The van der Waals surface area contributed by atoms with E-state index in [-0.39, 0.29) is 0 Å². The van der Waals surface area contributed by atoms with Crippen molar-refractivity contribution in [3.63, 3.8) is 0 Å². The molecule has 1 N–H and O–H groups in total. The van der Waals surface area contributed by atoms with Crippen LogP contribution in [0, 0.1) is 12.8 Å². The van der Waals surface area contributed by atoms with E-state index in [4.69, 9.17) is 4.42 Å². The second-order valence-electron chi connectivity index (χ2n) is 5.10. The number of hydrogen-bond donors (Lipinski definition) is 1. The summed E-state index contributed by atoms with van der Waals surface area (Å²) in [7, 11) is 0. The highest BCUT2D eigenvalue weighted by Gasteiger charge is 2.04. The maximum atomic E-state index is 5.53. The summed E-state index contributed by atoms with van der Waals surface area (Å²) in [5.41, 5.74) is 2.22. The molecule has 0 aromatic carbocycles.